The van der Waals surface area contributed by atoms with Gasteiger partial charge >= 0.3 is 6.18 Å². The molecule has 0 heterocycles. The third-order valence-electron chi connectivity index (χ3n) is 6.37. The standard InChI is InChI=1S/C17H17Br3F3NO/c1-14(2)15(12(19)20)7-8-16(14,11(15)18)13(25)24-10-6-4-3-5-9(10)17(21,22)23/h3-6,11-12H,7-8H2,1-2H3,(H,24,25). The zero-order valence-electron chi connectivity index (χ0n) is 13.6. The number of alkyl halides is 6. The van der Waals surface area contributed by atoms with Crippen LogP contribution in [0.25, 0.3) is 0 Å². The van der Waals surface area contributed by atoms with Gasteiger partial charge in [-0.3, -0.25) is 4.79 Å². The van der Waals surface area contributed by atoms with E-state index in [4.69, 9.17) is 0 Å². The van der Waals surface area contributed by atoms with Crippen molar-refractivity contribution >= 4 is 59.4 Å². The number of hydrogen-bond acceptors (Lipinski definition) is 1. The smallest absolute Gasteiger partial charge is 0.325 e. The maximum atomic E-state index is 13.2. The van der Waals surface area contributed by atoms with E-state index in [-0.39, 0.29) is 31.0 Å². The maximum Gasteiger partial charge on any atom is 0.418 e. The molecule has 3 aliphatic rings. The predicted octanol–water partition coefficient (Wildman–Crippen LogP) is 6.33. The number of rotatable bonds is 3. The molecule has 4 rings (SSSR count). The molecule has 0 saturated heterocycles. The summed E-state index contributed by atoms with van der Waals surface area (Å²) in [4.78, 5) is 13.0. The van der Waals surface area contributed by atoms with Crippen LogP contribution in [0, 0.1) is 16.2 Å². The Labute approximate surface area is 169 Å². The van der Waals surface area contributed by atoms with E-state index in [0.29, 0.717) is 6.42 Å². The van der Waals surface area contributed by atoms with Crippen LogP contribution in [0.3, 0.4) is 0 Å². The van der Waals surface area contributed by atoms with Gasteiger partial charge in [-0.25, -0.2) is 0 Å². The van der Waals surface area contributed by atoms with Gasteiger partial charge in [0.1, 0.15) is 0 Å². The van der Waals surface area contributed by atoms with Gasteiger partial charge in [0.05, 0.1) is 20.4 Å². The fraction of sp³-hybridized carbons (Fsp3) is 0.588. The van der Waals surface area contributed by atoms with Gasteiger partial charge in [-0.2, -0.15) is 13.2 Å². The maximum absolute atomic E-state index is 13.2. The molecule has 1 amide bonds. The molecule has 3 unspecified atom stereocenters. The van der Waals surface area contributed by atoms with Crippen LogP contribution < -0.4 is 5.32 Å². The molecule has 25 heavy (non-hydrogen) atoms. The number of hydrogen-bond donors (Lipinski definition) is 1. The third-order valence-corrected chi connectivity index (χ3v) is 9.60. The van der Waals surface area contributed by atoms with E-state index in [1.807, 2.05) is 13.8 Å². The van der Waals surface area contributed by atoms with Crippen LogP contribution in [-0.4, -0.2) is 14.5 Å². The molecule has 1 aromatic carbocycles. The van der Waals surface area contributed by atoms with Crippen molar-refractivity contribution in [2.75, 3.05) is 5.32 Å². The third kappa shape index (κ3) is 2.35. The van der Waals surface area contributed by atoms with Crippen molar-refractivity contribution in [3.8, 4) is 0 Å². The second-order valence-electron chi connectivity index (χ2n) is 7.30. The van der Waals surface area contributed by atoms with E-state index in [1.54, 1.807) is 0 Å². The molecule has 8 heteroatoms. The molecule has 3 aliphatic carbocycles. The summed E-state index contributed by atoms with van der Waals surface area (Å²) in [7, 11) is 0. The van der Waals surface area contributed by atoms with E-state index in [2.05, 4.69) is 53.1 Å². The Morgan fingerprint density at radius 1 is 1.24 bits per heavy atom. The fourth-order valence-corrected chi connectivity index (χ4v) is 9.69. The lowest BCUT2D eigenvalue weighted by molar-refractivity contribution is -0.156. The number of nitrogens with one attached hydrogen (secondary N) is 1. The highest BCUT2D eigenvalue weighted by atomic mass is 79.9. The first-order valence-corrected chi connectivity index (χ1v) is 10.6. The second-order valence-corrected chi connectivity index (χ2v) is 11.3. The number of carbonyl (C=O) groups excluding carboxylic acids is 1. The molecule has 3 fully saturated rings. The first-order valence-electron chi connectivity index (χ1n) is 7.83. The van der Waals surface area contributed by atoms with Crippen LogP contribution in [-0.2, 0) is 11.0 Å². The van der Waals surface area contributed by atoms with Gasteiger partial charge in [0.2, 0.25) is 5.91 Å². The summed E-state index contributed by atoms with van der Waals surface area (Å²) < 4.78 is 39.6. The molecule has 138 valence electrons. The average molecular weight is 548 g/mol. The SMILES string of the molecule is CC1(C)C2(C(=O)Nc3ccccc3C(F)(F)F)CCC1(C(Br)Br)C2Br. The van der Waals surface area contributed by atoms with Gasteiger partial charge in [0.15, 0.2) is 0 Å². The summed E-state index contributed by atoms with van der Waals surface area (Å²) in [6.45, 7) is 4.03. The Balaban J connectivity index is 1.95. The summed E-state index contributed by atoms with van der Waals surface area (Å²) in [5.74, 6) is -0.357. The number of carbonyl (C=O) groups is 1. The highest BCUT2D eigenvalue weighted by Gasteiger charge is 2.83. The number of amides is 1. The zero-order valence-corrected chi connectivity index (χ0v) is 18.3. The van der Waals surface area contributed by atoms with Gasteiger partial charge in [0, 0.05) is 10.2 Å². The fourth-order valence-electron chi connectivity index (χ4n) is 4.77. The van der Waals surface area contributed by atoms with Crippen molar-refractivity contribution in [1.82, 2.24) is 0 Å². The first-order chi connectivity index (χ1) is 11.4. The molecule has 3 saturated carbocycles. The van der Waals surface area contributed by atoms with Gasteiger partial charge in [-0.05, 0) is 30.4 Å². The van der Waals surface area contributed by atoms with Crippen LogP contribution in [0.15, 0.2) is 24.3 Å². The molecule has 1 aromatic rings. The topological polar surface area (TPSA) is 29.1 Å². The molecule has 0 aliphatic heterocycles. The molecule has 2 nitrogen and oxygen atoms in total. The Bertz CT molecular complexity index is 721. The average Bonchev–Trinajstić information content (AvgIpc) is 2.96. The van der Waals surface area contributed by atoms with Gasteiger partial charge in [0.25, 0.3) is 0 Å². The molecule has 3 atom stereocenters. The minimum atomic E-state index is -4.51. The summed E-state index contributed by atoms with van der Waals surface area (Å²) in [5, 5.41) is 2.56. The van der Waals surface area contributed by atoms with Gasteiger partial charge in [-0.1, -0.05) is 73.8 Å². The molecule has 0 spiro atoms. The van der Waals surface area contributed by atoms with E-state index >= 15 is 0 Å². The first kappa shape index (κ1) is 19.7. The highest BCUT2D eigenvalue weighted by molar-refractivity contribution is 9.24. The molecular formula is C17H17Br3F3NO. The molecule has 2 bridgehead atoms. The predicted molar refractivity (Wildman–Crippen MR) is 102 cm³/mol. The van der Waals surface area contributed by atoms with Gasteiger partial charge in [-0.15, -0.1) is 0 Å². The summed E-state index contributed by atoms with van der Waals surface area (Å²) >= 11 is 10.9. The Morgan fingerprint density at radius 2 is 1.84 bits per heavy atom. The minimum Gasteiger partial charge on any atom is -0.325 e. The van der Waals surface area contributed by atoms with Crippen LogP contribution in [0.2, 0.25) is 0 Å². The number of halogens is 6. The van der Waals surface area contributed by atoms with E-state index in [0.717, 1.165) is 12.5 Å². The summed E-state index contributed by atoms with van der Waals surface area (Å²) in [6, 6.07) is 5.09. The van der Waals surface area contributed by atoms with Crippen LogP contribution in [0.4, 0.5) is 18.9 Å². The van der Waals surface area contributed by atoms with Crippen LogP contribution >= 0.6 is 47.8 Å². The Morgan fingerprint density at radius 3 is 2.32 bits per heavy atom. The Kier molecular flexibility index (Phi) is 4.69. The van der Waals surface area contributed by atoms with Crippen LogP contribution in [0.5, 0.6) is 0 Å². The summed E-state index contributed by atoms with van der Waals surface area (Å²) in [6.07, 6.45) is -3.07. The van der Waals surface area contributed by atoms with Crippen molar-refractivity contribution in [2.24, 2.45) is 16.2 Å². The van der Waals surface area contributed by atoms with Crippen molar-refractivity contribution in [2.45, 2.75) is 41.4 Å². The molecule has 1 N–H and O–H groups in total. The van der Waals surface area contributed by atoms with E-state index in [1.165, 1.54) is 18.2 Å². The molecule has 0 aromatic heterocycles. The normalized spacial score (nSPS) is 33.2. The number of anilines is 1. The minimum absolute atomic E-state index is 0.0118. The summed E-state index contributed by atoms with van der Waals surface area (Å²) in [5.41, 5.74) is -2.31. The quantitative estimate of drug-likeness (QED) is 0.440. The molecular weight excluding hydrogens is 531 g/mol. The van der Waals surface area contributed by atoms with Crippen molar-refractivity contribution in [3.05, 3.63) is 29.8 Å². The number of para-hydroxylation sites is 1. The largest absolute Gasteiger partial charge is 0.418 e. The highest BCUT2D eigenvalue weighted by Crippen LogP contribution is 2.82. The second kappa shape index (κ2) is 5.96. The molecule has 0 radical (unpaired) electrons. The lowest BCUT2D eigenvalue weighted by atomic mass is 9.43. The van der Waals surface area contributed by atoms with Crippen LogP contribution in [0.1, 0.15) is 32.3 Å². The zero-order chi connectivity index (χ0) is 18.8. The number of benzene rings is 1. The monoisotopic (exact) mass is 545 g/mol. The van der Waals surface area contributed by atoms with Gasteiger partial charge < -0.3 is 5.32 Å². The number of fused-ring (bicyclic) bond motifs is 1. The lowest BCUT2D eigenvalue weighted by Crippen LogP contribution is -2.71. The van der Waals surface area contributed by atoms with Crippen molar-refractivity contribution < 1.29 is 18.0 Å². The van der Waals surface area contributed by atoms with Crippen molar-refractivity contribution in [1.29, 1.82) is 0 Å². The Hall–Kier alpha value is -0.0800. The van der Waals surface area contributed by atoms with Crippen molar-refractivity contribution in [3.63, 3.8) is 0 Å². The van der Waals surface area contributed by atoms with E-state index in [9.17, 15) is 18.0 Å². The lowest BCUT2D eigenvalue weighted by Gasteiger charge is -2.66. The van der Waals surface area contributed by atoms with E-state index < -0.39 is 17.2 Å².